The highest BCUT2D eigenvalue weighted by Gasteiger charge is 2.16. The second-order valence-electron chi connectivity index (χ2n) is 8.36. The second-order valence-corrected chi connectivity index (χ2v) is 8.36. The molecule has 0 spiro atoms. The smallest absolute Gasteiger partial charge is 0.137 e. The van der Waals surface area contributed by atoms with Gasteiger partial charge in [-0.1, -0.05) is 78.9 Å². The Balaban J connectivity index is 1.42. The van der Waals surface area contributed by atoms with Gasteiger partial charge in [0.15, 0.2) is 0 Å². The van der Waals surface area contributed by atoms with Crippen molar-refractivity contribution in [3.63, 3.8) is 0 Å². The fraction of sp³-hybridized carbons (Fsp3) is 0. The molecule has 0 fully saturated rings. The molecule has 0 atom stereocenters. The molecule has 7 rings (SSSR count). The highest BCUT2D eigenvalue weighted by atomic mass is 15.0. The van der Waals surface area contributed by atoms with Gasteiger partial charge in [-0.2, -0.15) is 0 Å². The lowest BCUT2D eigenvalue weighted by Gasteiger charge is -2.07. The topological polar surface area (TPSA) is 22.2 Å². The average Bonchev–Trinajstić information content (AvgIpc) is 3.46. The van der Waals surface area contributed by atoms with Crippen molar-refractivity contribution in [3.8, 4) is 28.2 Å². The molecular weight excluding hydrogens is 414 g/mol. The number of aromatic nitrogens is 3. The van der Waals surface area contributed by atoms with Crippen LogP contribution in [0.5, 0.6) is 0 Å². The van der Waals surface area contributed by atoms with E-state index in [1.165, 1.54) is 21.8 Å². The molecule has 3 nitrogen and oxygen atoms in total. The predicted octanol–water partition coefficient (Wildman–Crippen LogP) is 7.37. The van der Waals surface area contributed by atoms with E-state index in [1.54, 1.807) is 0 Å². The minimum absolute atomic E-state index is 0.905. The van der Waals surface area contributed by atoms with E-state index in [9.17, 15) is 0 Å². The predicted molar refractivity (Wildman–Crippen MR) is 138 cm³/mol. The summed E-state index contributed by atoms with van der Waals surface area (Å²) in [7, 11) is 0. The third-order valence-corrected chi connectivity index (χ3v) is 6.39. The molecule has 0 aliphatic heterocycles. The van der Waals surface area contributed by atoms with E-state index in [2.05, 4.69) is 112 Å². The van der Waals surface area contributed by atoms with E-state index in [0.29, 0.717) is 0 Å². The standard InChI is InChI=1S/C31H19N3/c1-2-10-23(11-3-1)31-30(32-29-16-8-9-21-33(29)31)22-17-19-24(20-18-22)34-27-14-6-4-12-25(27)26-13-5-7-15-28(26)34/h1-17,19,21H. The number of imidazole rings is 1. The van der Waals surface area contributed by atoms with Crippen molar-refractivity contribution < 1.29 is 0 Å². The molecule has 0 aliphatic rings. The molecule has 0 aliphatic carbocycles. The third-order valence-electron chi connectivity index (χ3n) is 6.39. The zero-order valence-electron chi connectivity index (χ0n) is 18.3. The minimum Gasteiger partial charge on any atom is -0.302 e. The number of pyridine rings is 1. The van der Waals surface area contributed by atoms with Gasteiger partial charge in [0.2, 0.25) is 0 Å². The average molecular weight is 434 g/mol. The maximum absolute atomic E-state index is 4.96. The van der Waals surface area contributed by atoms with Gasteiger partial charge in [0, 0.05) is 22.5 Å². The van der Waals surface area contributed by atoms with Crippen LogP contribution in [0.3, 0.4) is 0 Å². The maximum atomic E-state index is 4.96. The van der Waals surface area contributed by atoms with E-state index in [4.69, 9.17) is 4.98 Å². The van der Waals surface area contributed by atoms with Crippen LogP contribution in [0, 0.1) is 12.1 Å². The van der Waals surface area contributed by atoms with Gasteiger partial charge in [0.1, 0.15) is 11.3 Å². The quantitative estimate of drug-likeness (QED) is 0.285. The van der Waals surface area contributed by atoms with Crippen LogP contribution >= 0.6 is 0 Å². The Kier molecular flexibility index (Phi) is 4.06. The number of rotatable bonds is 3. The van der Waals surface area contributed by atoms with Gasteiger partial charge in [0.05, 0.1) is 28.0 Å². The van der Waals surface area contributed by atoms with Crippen LogP contribution in [0.1, 0.15) is 0 Å². The van der Waals surface area contributed by atoms with Crippen molar-refractivity contribution in [3.05, 3.63) is 128 Å². The molecule has 158 valence electrons. The highest BCUT2D eigenvalue weighted by Crippen LogP contribution is 2.34. The maximum Gasteiger partial charge on any atom is 0.137 e. The molecule has 4 aromatic carbocycles. The molecule has 0 N–H and O–H groups in total. The van der Waals surface area contributed by atoms with Crippen LogP contribution < -0.4 is 0 Å². The number of hydrogen-bond acceptors (Lipinski definition) is 1. The Morgan fingerprint density at radius 3 is 1.97 bits per heavy atom. The van der Waals surface area contributed by atoms with E-state index in [0.717, 1.165) is 33.8 Å². The molecular formula is C31H19N3. The Labute approximate surface area is 197 Å². The minimum atomic E-state index is 0.905. The summed E-state index contributed by atoms with van der Waals surface area (Å²) >= 11 is 0. The first-order valence-corrected chi connectivity index (χ1v) is 11.3. The number of hydrogen-bond donors (Lipinski definition) is 0. The zero-order chi connectivity index (χ0) is 22.5. The van der Waals surface area contributed by atoms with Gasteiger partial charge in [-0.25, -0.2) is 4.98 Å². The summed E-state index contributed by atoms with van der Waals surface area (Å²) in [6.07, 6.45) is 2.06. The first kappa shape index (κ1) is 18.7. The van der Waals surface area contributed by atoms with E-state index in [-0.39, 0.29) is 0 Å². The van der Waals surface area contributed by atoms with Crippen LogP contribution in [-0.2, 0) is 0 Å². The van der Waals surface area contributed by atoms with Crippen molar-refractivity contribution in [1.29, 1.82) is 0 Å². The molecule has 3 heteroatoms. The fourth-order valence-corrected chi connectivity index (χ4v) is 4.88. The van der Waals surface area contributed by atoms with Gasteiger partial charge < -0.3 is 4.57 Å². The number of fused-ring (bicyclic) bond motifs is 4. The number of para-hydroxylation sites is 2. The van der Waals surface area contributed by atoms with Crippen LogP contribution in [0.4, 0.5) is 0 Å². The summed E-state index contributed by atoms with van der Waals surface area (Å²) < 4.78 is 4.39. The summed E-state index contributed by atoms with van der Waals surface area (Å²) in [6.45, 7) is 0. The van der Waals surface area contributed by atoms with E-state index < -0.39 is 0 Å². The summed E-state index contributed by atoms with van der Waals surface area (Å²) in [4.78, 5) is 4.96. The van der Waals surface area contributed by atoms with Gasteiger partial charge in [-0.3, -0.25) is 4.40 Å². The van der Waals surface area contributed by atoms with E-state index in [1.807, 2.05) is 24.3 Å². The normalized spacial score (nSPS) is 11.3. The Hall–Kier alpha value is -4.81. The van der Waals surface area contributed by atoms with Gasteiger partial charge in [-0.05, 0) is 42.5 Å². The van der Waals surface area contributed by atoms with Gasteiger partial charge in [0.25, 0.3) is 0 Å². The Morgan fingerprint density at radius 1 is 0.588 bits per heavy atom. The SMILES string of the molecule is c1c(-c2nc3ccccn3c2-c2ccccc2)ccc(-n2c3ccccc3c3ccccc32)c#1. The van der Waals surface area contributed by atoms with Crippen molar-refractivity contribution in [2.24, 2.45) is 0 Å². The van der Waals surface area contributed by atoms with Crippen LogP contribution in [0.15, 0.2) is 115 Å². The lowest BCUT2D eigenvalue weighted by Crippen LogP contribution is -1.93. The molecule has 0 saturated carbocycles. The largest absolute Gasteiger partial charge is 0.302 e. The third kappa shape index (κ3) is 2.76. The van der Waals surface area contributed by atoms with Crippen LogP contribution in [-0.4, -0.2) is 14.0 Å². The molecule has 7 aromatic rings. The number of nitrogens with zero attached hydrogens (tertiary/aromatic N) is 3. The molecule has 0 saturated heterocycles. The number of benzene rings is 3. The summed E-state index contributed by atoms with van der Waals surface area (Å²) in [5, 5.41) is 2.48. The summed E-state index contributed by atoms with van der Waals surface area (Å²) in [6, 6.07) is 44.6. The molecule has 0 radical (unpaired) electrons. The lowest BCUT2D eigenvalue weighted by molar-refractivity contribution is 1.18. The van der Waals surface area contributed by atoms with Crippen molar-refractivity contribution in [2.75, 3.05) is 0 Å². The first-order valence-electron chi connectivity index (χ1n) is 11.3. The van der Waals surface area contributed by atoms with Crippen molar-refractivity contribution in [1.82, 2.24) is 14.0 Å². The summed E-state index contributed by atoms with van der Waals surface area (Å²) in [5.74, 6) is 0. The second kappa shape index (κ2) is 7.37. The molecule has 3 heterocycles. The molecule has 0 amide bonds. The molecule has 0 unspecified atom stereocenters. The lowest BCUT2D eigenvalue weighted by atomic mass is 10.1. The highest BCUT2D eigenvalue weighted by molar-refractivity contribution is 6.09. The van der Waals surface area contributed by atoms with Gasteiger partial charge in [-0.15, -0.1) is 0 Å². The monoisotopic (exact) mass is 433 g/mol. The molecule has 3 aromatic heterocycles. The fourth-order valence-electron chi connectivity index (χ4n) is 4.88. The molecule has 0 bridgehead atoms. The Bertz CT molecular complexity index is 1740. The van der Waals surface area contributed by atoms with Crippen molar-refractivity contribution >= 4 is 27.5 Å². The Morgan fingerprint density at radius 2 is 1.26 bits per heavy atom. The molecule has 34 heavy (non-hydrogen) atoms. The zero-order valence-corrected chi connectivity index (χ0v) is 18.3. The van der Waals surface area contributed by atoms with Crippen molar-refractivity contribution in [2.45, 2.75) is 0 Å². The van der Waals surface area contributed by atoms with E-state index >= 15 is 0 Å². The van der Waals surface area contributed by atoms with Crippen LogP contribution in [0.25, 0.3) is 55.7 Å². The summed E-state index contributed by atoms with van der Waals surface area (Å²) in [5.41, 5.74) is 8.22. The first-order chi connectivity index (χ1) is 16.9. The van der Waals surface area contributed by atoms with Gasteiger partial charge >= 0.3 is 0 Å². The van der Waals surface area contributed by atoms with Crippen LogP contribution in [0.2, 0.25) is 0 Å².